The zero-order chi connectivity index (χ0) is 12.1. The summed E-state index contributed by atoms with van der Waals surface area (Å²) in [5.41, 5.74) is 0.350. The third kappa shape index (κ3) is 3.14. The van der Waals surface area contributed by atoms with Crippen LogP contribution in [-0.4, -0.2) is 40.5 Å². The van der Waals surface area contributed by atoms with Crippen molar-refractivity contribution in [2.75, 3.05) is 25.0 Å². The topological polar surface area (TPSA) is 64.8 Å². The molecule has 1 N–H and O–H groups in total. The fourth-order valence-electron chi connectivity index (χ4n) is 2.04. The van der Waals surface area contributed by atoms with Gasteiger partial charge < -0.3 is 5.32 Å². The van der Waals surface area contributed by atoms with Crippen LogP contribution in [0.1, 0.15) is 25.5 Å². The van der Waals surface area contributed by atoms with Crippen LogP contribution in [0, 0.1) is 11.3 Å². The van der Waals surface area contributed by atoms with Crippen LogP contribution in [0.5, 0.6) is 0 Å². The van der Waals surface area contributed by atoms with Crippen molar-refractivity contribution in [2.45, 2.75) is 25.8 Å². The molecular weight excluding hydrogens is 214 g/mol. The van der Waals surface area contributed by atoms with Crippen LogP contribution >= 0.6 is 0 Å². The van der Waals surface area contributed by atoms with Gasteiger partial charge in [0.25, 0.3) is 0 Å². The standard InChI is InChI=1S/C12H17N5/c1-10(17-4-2-3-5-17)7-15-12-9-14-11(6-13)8-16-12/h8-10H,2-5,7H2,1H3,(H,15,16). The second kappa shape index (κ2) is 5.60. The Hall–Kier alpha value is -1.67. The maximum atomic E-state index is 8.61. The number of likely N-dealkylation sites (tertiary alicyclic amines) is 1. The van der Waals surface area contributed by atoms with Gasteiger partial charge in [-0.25, -0.2) is 9.97 Å². The van der Waals surface area contributed by atoms with Crippen LogP contribution in [0.15, 0.2) is 12.4 Å². The summed E-state index contributed by atoms with van der Waals surface area (Å²) in [6.45, 7) is 5.47. The van der Waals surface area contributed by atoms with E-state index in [9.17, 15) is 0 Å². The van der Waals surface area contributed by atoms with Crippen molar-refractivity contribution in [1.29, 1.82) is 5.26 Å². The van der Waals surface area contributed by atoms with Crippen LogP contribution in [0.3, 0.4) is 0 Å². The smallest absolute Gasteiger partial charge is 0.158 e. The quantitative estimate of drug-likeness (QED) is 0.844. The number of rotatable bonds is 4. The molecule has 1 aliphatic rings. The molecule has 17 heavy (non-hydrogen) atoms. The van der Waals surface area contributed by atoms with Gasteiger partial charge in [0.15, 0.2) is 5.69 Å². The third-order valence-corrected chi connectivity index (χ3v) is 3.11. The van der Waals surface area contributed by atoms with E-state index in [2.05, 4.69) is 27.1 Å². The highest BCUT2D eigenvalue weighted by Gasteiger charge is 2.17. The predicted octanol–water partition coefficient (Wildman–Crippen LogP) is 1.24. The fraction of sp³-hybridized carbons (Fsp3) is 0.583. The highest BCUT2D eigenvalue weighted by molar-refractivity contribution is 5.33. The molecule has 0 bridgehead atoms. The van der Waals surface area contributed by atoms with Gasteiger partial charge in [-0.2, -0.15) is 5.26 Å². The monoisotopic (exact) mass is 231 g/mol. The molecule has 0 radical (unpaired) electrons. The highest BCUT2D eigenvalue weighted by Crippen LogP contribution is 2.11. The summed E-state index contributed by atoms with van der Waals surface area (Å²) in [4.78, 5) is 10.6. The van der Waals surface area contributed by atoms with Crippen molar-refractivity contribution in [1.82, 2.24) is 14.9 Å². The average molecular weight is 231 g/mol. The summed E-state index contributed by atoms with van der Waals surface area (Å²) < 4.78 is 0. The van der Waals surface area contributed by atoms with Crippen LogP contribution in [0.25, 0.3) is 0 Å². The lowest BCUT2D eigenvalue weighted by Crippen LogP contribution is -2.35. The number of nitrogens with one attached hydrogen (secondary N) is 1. The molecule has 1 fully saturated rings. The van der Waals surface area contributed by atoms with E-state index < -0.39 is 0 Å². The molecule has 0 spiro atoms. The Bertz CT molecular complexity index is 388. The lowest BCUT2D eigenvalue weighted by atomic mass is 10.3. The number of nitrogens with zero attached hydrogens (tertiary/aromatic N) is 4. The van der Waals surface area contributed by atoms with Crippen molar-refractivity contribution < 1.29 is 0 Å². The molecule has 5 nitrogen and oxygen atoms in total. The molecule has 0 amide bonds. The minimum absolute atomic E-state index is 0.350. The number of aromatic nitrogens is 2. The molecule has 1 unspecified atom stereocenters. The Morgan fingerprint density at radius 3 is 2.76 bits per heavy atom. The molecule has 2 heterocycles. The fourth-order valence-corrected chi connectivity index (χ4v) is 2.04. The van der Waals surface area contributed by atoms with Gasteiger partial charge in [0, 0.05) is 12.6 Å². The number of hydrogen-bond donors (Lipinski definition) is 1. The summed E-state index contributed by atoms with van der Waals surface area (Å²) in [7, 11) is 0. The minimum Gasteiger partial charge on any atom is -0.367 e. The van der Waals surface area contributed by atoms with Crippen LogP contribution in [0.2, 0.25) is 0 Å². The van der Waals surface area contributed by atoms with Crippen LogP contribution < -0.4 is 5.32 Å². The summed E-state index contributed by atoms with van der Waals surface area (Å²) in [6, 6.07) is 2.46. The van der Waals surface area contributed by atoms with Crippen LogP contribution in [0.4, 0.5) is 5.82 Å². The van der Waals surface area contributed by atoms with E-state index in [1.54, 1.807) is 6.20 Å². The molecule has 1 saturated heterocycles. The lowest BCUT2D eigenvalue weighted by Gasteiger charge is -2.23. The molecule has 1 atom stereocenters. The highest BCUT2D eigenvalue weighted by atomic mass is 15.2. The summed E-state index contributed by atoms with van der Waals surface area (Å²) in [5.74, 6) is 0.732. The first-order valence-corrected chi connectivity index (χ1v) is 5.99. The van der Waals surface area contributed by atoms with Crippen molar-refractivity contribution >= 4 is 5.82 Å². The zero-order valence-corrected chi connectivity index (χ0v) is 10.1. The van der Waals surface area contributed by atoms with Gasteiger partial charge in [0.1, 0.15) is 11.9 Å². The first-order valence-electron chi connectivity index (χ1n) is 5.99. The molecule has 90 valence electrons. The molecular formula is C12H17N5. The number of anilines is 1. The largest absolute Gasteiger partial charge is 0.367 e. The van der Waals surface area contributed by atoms with Crippen molar-refractivity contribution in [3.8, 4) is 6.07 Å². The summed E-state index contributed by atoms with van der Waals surface area (Å²) in [6.07, 6.45) is 5.71. The van der Waals surface area contributed by atoms with Gasteiger partial charge in [-0.15, -0.1) is 0 Å². The normalized spacial score (nSPS) is 17.6. The van der Waals surface area contributed by atoms with E-state index in [1.807, 2.05) is 6.07 Å². The lowest BCUT2D eigenvalue weighted by molar-refractivity contribution is 0.269. The maximum absolute atomic E-state index is 8.61. The molecule has 0 aromatic carbocycles. The number of nitriles is 1. The van der Waals surface area contributed by atoms with Gasteiger partial charge in [-0.3, -0.25) is 4.90 Å². The van der Waals surface area contributed by atoms with E-state index in [0.717, 1.165) is 12.4 Å². The van der Waals surface area contributed by atoms with Gasteiger partial charge >= 0.3 is 0 Å². The summed E-state index contributed by atoms with van der Waals surface area (Å²) in [5, 5.41) is 11.9. The molecule has 5 heteroatoms. The molecule has 1 aromatic rings. The molecule has 2 rings (SSSR count). The molecule has 1 aromatic heterocycles. The Labute approximate surface area is 101 Å². The Kier molecular flexibility index (Phi) is 3.89. The van der Waals surface area contributed by atoms with E-state index in [1.165, 1.54) is 32.1 Å². The van der Waals surface area contributed by atoms with E-state index >= 15 is 0 Å². The van der Waals surface area contributed by atoms with Gasteiger partial charge in [-0.05, 0) is 32.9 Å². The third-order valence-electron chi connectivity index (χ3n) is 3.11. The second-order valence-electron chi connectivity index (χ2n) is 4.37. The Morgan fingerprint density at radius 1 is 1.41 bits per heavy atom. The van der Waals surface area contributed by atoms with E-state index in [0.29, 0.717) is 11.7 Å². The van der Waals surface area contributed by atoms with Crippen molar-refractivity contribution in [3.63, 3.8) is 0 Å². The maximum Gasteiger partial charge on any atom is 0.158 e. The van der Waals surface area contributed by atoms with E-state index in [-0.39, 0.29) is 0 Å². The van der Waals surface area contributed by atoms with Gasteiger partial charge in [-0.1, -0.05) is 0 Å². The Morgan fingerprint density at radius 2 is 2.18 bits per heavy atom. The molecule has 1 aliphatic heterocycles. The minimum atomic E-state index is 0.350. The second-order valence-corrected chi connectivity index (χ2v) is 4.37. The summed E-state index contributed by atoms with van der Waals surface area (Å²) >= 11 is 0. The van der Waals surface area contributed by atoms with Crippen LogP contribution in [-0.2, 0) is 0 Å². The van der Waals surface area contributed by atoms with Crippen molar-refractivity contribution in [3.05, 3.63) is 18.1 Å². The van der Waals surface area contributed by atoms with E-state index in [4.69, 9.17) is 5.26 Å². The zero-order valence-electron chi connectivity index (χ0n) is 10.1. The number of hydrogen-bond acceptors (Lipinski definition) is 5. The molecule has 0 saturated carbocycles. The van der Waals surface area contributed by atoms with Gasteiger partial charge in [0.2, 0.25) is 0 Å². The SMILES string of the molecule is CC(CNc1cnc(C#N)cn1)N1CCCC1. The predicted molar refractivity (Wildman–Crippen MR) is 65.5 cm³/mol. The molecule has 0 aliphatic carbocycles. The first-order chi connectivity index (χ1) is 8.29. The van der Waals surface area contributed by atoms with Crippen molar-refractivity contribution in [2.24, 2.45) is 0 Å². The van der Waals surface area contributed by atoms with Gasteiger partial charge in [0.05, 0.1) is 12.4 Å². The average Bonchev–Trinajstić information content (AvgIpc) is 2.90. The first kappa shape index (κ1) is 11.8. The Balaban J connectivity index is 1.82.